The predicted octanol–water partition coefficient (Wildman–Crippen LogP) is 4.80. The van der Waals surface area contributed by atoms with Gasteiger partial charge in [-0.1, -0.05) is 24.3 Å². The molecule has 8 nitrogen and oxygen atoms in total. The number of nitro groups is 1. The van der Waals surface area contributed by atoms with E-state index in [0.29, 0.717) is 23.6 Å². The van der Waals surface area contributed by atoms with Gasteiger partial charge in [0.1, 0.15) is 28.9 Å². The van der Waals surface area contributed by atoms with Crippen molar-refractivity contribution in [3.05, 3.63) is 82.1 Å². The van der Waals surface area contributed by atoms with Gasteiger partial charge in [-0.2, -0.15) is 5.26 Å². The van der Waals surface area contributed by atoms with Gasteiger partial charge < -0.3 is 14.5 Å². The molecule has 0 bridgehead atoms. The van der Waals surface area contributed by atoms with Crippen LogP contribution in [0.1, 0.15) is 12.7 Å². The molecule has 150 valence electrons. The van der Waals surface area contributed by atoms with Crippen LogP contribution >= 0.6 is 0 Å². The molecule has 30 heavy (non-hydrogen) atoms. The van der Waals surface area contributed by atoms with Crippen molar-refractivity contribution in [2.75, 3.05) is 11.9 Å². The van der Waals surface area contributed by atoms with Crippen LogP contribution in [-0.2, 0) is 4.79 Å². The summed E-state index contributed by atoms with van der Waals surface area (Å²) in [6.45, 7) is 2.25. The summed E-state index contributed by atoms with van der Waals surface area (Å²) in [4.78, 5) is 23.2. The molecule has 1 N–H and O–H groups in total. The minimum absolute atomic E-state index is 0.104. The number of hydrogen-bond acceptors (Lipinski definition) is 6. The molecule has 1 aromatic heterocycles. The highest BCUT2D eigenvalue weighted by molar-refractivity contribution is 6.10. The van der Waals surface area contributed by atoms with Gasteiger partial charge in [0.05, 0.1) is 22.8 Å². The first-order valence-corrected chi connectivity index (χ1v) is 9.02. The first-order chi connectivity index (χ1) is 14.5. The van der Waals surface area contributed by atoms with Crippen molar-refractivity contribution in [2.45, 2.75) is 6.92 Å². The molecule has 0 saturated carbocycles. The monoisotopic (exact) mass is 403 g/mol. The van der Waals surface area contributed by atoms with Crippen molar-refractivity contribution in [3.8, 4) is 23.1 Å². The Balaban J connectivity index is 1.85. The number of para-hydroxylation sites is 3. The Kier molecular flexibility index (Phi) is 6.25. The number of carbonyl (C=O) groups excluding carboxylic acids is 1. The van der Waals surface area contributed by atoms with Crippen molar-refractivity contribution in [3.63, 3.8) is 0 Å². The van der Waals surface area contributed by atoms with E-state index in [2.05, 4.69) is 5.32 Å². The second kappa shape index (κ2) is 9.21. The molecule has 0 spiro atoms. The number of rotatable bonds is 7. The molecule has 3 rings (SSSR count). The van der Waals surface area contributed by atoms with E-state index in [1.807, 2.05) is 13.0 Å². The van der Waals surface area contributed by atoms with Crippen molar-refractivity contribution >= 4 is 23.4 Å². The molecule has 0 radical (unpaired) electrons. The summed E-state index contributed by atoms with van der Waals surface area (Å²) < 4.78 is 11.1. The number of hydrogen-bond donors (Lipinski definition) is 1. The van der Waals surface area contributed by atoms with Gasteiger partial charge in [-0.3, -0.25) is 14.9 Å². The Hall–Kier alpha value is -4.38. The number of benzene rings is 2. The van der Waals surface area contributed by atoms with Crippen LogP contribution in [0.5, 0.6) is 5.75 Å². The Bertz CT molecular complexity index is 1160. The number of amides is 1. The van der Waals surface area contributed by atoms with Crippen molar-refractivity contribution in [1.82, 2.24) is 0 Å². The molecule has 0 aliphatic carbocycles. The normalized spacial score (nSPS) is 10.9. The first kappa shape index (κ1) is 20.4. The van der Waals surface area contributed by atoms with Crippen LogP contribution in [0.4, 0.5) is 11.4 Å². The lowest BCUT2D eigenvalue weighted by Crippen LogP contribution is -2.14. The van der Waals surface area contributed by atoms with Gasteiger partial charge in [0.2, 0.25) is 0 Å². The second-order valence-corrected chi connectivity index (χ2v) is 6.03. The van der Waals surface area contributed by atoms with Crippen LogP contribution in [-0.4, -0.2) is 17.4 Å². The summed E-state index contributed by atoms with van der Waals surface area (Å²) in [5, 5.41) is 23.3. The Morgan fingerprint density at radius 2 is 1.93 bits per heavy atom. The summed E-state index contributed by atoms with van der Waals surface area (Å²) >= 11 is 0. The van der Waals surface area contributed by atoms with Crippen LogP contribution < -0.4 is 10.1 Å². The number of ether oxygens (including phenoxy) is 1. The van der Waals surface area contributed by atoms with Gasteiger partial charge in [0, 0.05) is 12.1 Å². The summed E-state index contributed by atoms with van der Waals surface area (Å²) in [5.41, 5.74) is 0.444. The third kappa shape index (κ3) is 4.54. The van der Waals surface area contributed by atoms with Crippen LogP contribution in [0.2, 0.25) is 0 Å². The highest BCUT2D eigenvalue weighted by Gasteiger charge is 2.18. The van der Waals surface area contributed by atoms with E-state index in [-0.39, 0.29) is 22.8 Å². The van der Waals surface area contributed by atoms with Crippen LogP contribution in [0, 0.1) is 21.4 Å². The van der Waals surface area contributed by atoms with Crippen molar-refractivity contribution < 1.29 is 18.9 Å². The maximum Gasteiger partial charge on any atom is 0.280 e. The van der Waals surface area contributed by atoms with Gasteiger partial charge in [-0.25, -0.2) is 0 Å². The van der Waals surface area contributed by atoms with Crippen LogP contribution in [0.15, 0.2) is 70.7 Å². The number of anilines is 1. The smallest absolute Gasteiger partial charge is 0.280 e. The molecule has 0 fully saturated rings. The van der Waals surface area contributed by atoms with Gasteiger partial charge in [-0.15, -0.1) is 0 Å². The minimum Gasteiger partial charge on any atom is -0.492 e. The van der Waals surface area contributed by atoms with Crippen molar-refractivity contribution in [1.29, 1.82) is 5.26 Å². The lowest BCUT2D eigenvalue weighted by atomic mass is 10.1. The molecular formula is C22H17N3O5. The Morgan fingerprint density at radius 3 is 2.67 bits per heavy atom. The van der Waals surface area contributed by atoms with Gasteiger partial charge in [0.25, 0.3) is 11.6 Å². The molecule has 0 aliphatic heterocycles. The summed E-state index contributed by atoms with van der Waals surface area (Å²) in [5.74, 6) is 0.330. The molecule has 8 heteroatoms. The largest absolute Gasteiger partial charge is 0.492 e. The van der Waals surface area contributed by atoms with E-state index in [9.17, 15) is 20.2 Å². The number of nitrogens with zero attached hydrogens (tertiary/aromatic N) is 2. The summed E-state index contributed by atoms with van der Waals surface area (Å²) in [6, 6.07) is 18.0. The van der Waals surface area contributed by atoms with Crippen LogP contribution in [0.25, 0.3) is 17.4 Å². The quantitative estimate of drug-likeness (QED) is 0.262. The Morgan fingerprint density at radius 1 is 1.20 bits per heavy atom. The summed E-state index contributed by atoms with van der Waals surface area (Å²) in [7, 11) is 0. The minimum atomic E-state index is -0.631. The molecule has 1 amide bonds. The fraction of sp³-hybridized carbons (Fsp3) is 0.0909. The van der Waals surface area contributed by atoms with Gasteiger partial charge >= 0.3 is 0 Å². The molecule has 1 heterocycles. The SMILES string of the molecule is CCOc1ccccc1NC(=O)/C(C#N)=C/c1ccc(-c2ccccc2[N+](=O)[O-])o1. The molecular weight excluding hydrogens is 386 g/mol. The molecule has 0 saturated heterocycles. The molecule has 0 atom stereocenters. The highest BCUT2D eigenvalue weighted by atomic mass is 16.6. The second-order valence-electron chi connectivity index (χ2n) is 6.03. The number of furan rings is 1. The van der Waals surface area contributed by atoms with E-state index in [1.165, 1.54) is 18.2 Å². The van der Waals surface area contributed by atoms with E-state index in [0.717, 1.165) is 0 Å². The van der Waals surface area contributed by atoms with Crippen molar-refractivity contribution in [2.24, 2.45) is 0 Å². The zero-order valence-electron chi connectivity index (χ0n) is 16.0. The zero-order valence-corrected chi connectivity index (χ0v) is 16.0. The number of nitriles is 1. The third-order valence-electron chi connectivity index (χ3n) is 4.08. The average molecular weight is 403 g/mol. The first-order valence-electron chi connectivity index (χ1n) is 9.02. The Labute approximate surface area is 172 Å². The predicted molar refractivity (Wildman–Crippen MR) is 111 cm³/mol. The lowest BCUT2D eigenvalue weighted by molar-refractivity contribution is -0.384. The summed E-state index contributed by atoms with van der Waals surface area (Å²) in [6.07, 6.45) is 1.27. The zero-order chi connectivity index (χ0) is 21.5. The maximum absolute atomic E-state index is 12.5. The van der Waals surface area contributed by atoms with Gasteiger partial charge in [0.15, 0.2) is 0 Å². The molecule has 0 unspecified atom stereocenters. The van der Waals surface area contributed by atoms with E-state index in [4.69, 9.17) is 9.15 Å². The molecule has 2 aromatic carbocycles. The molecule has 3 aromatic rings. The number of carbonyl (C=O) groups is 1. The van der Waals surface area contributed by atoms with E-state index >= 15 is 0 Å². The van der Waals surface area contributed by atoms with Gasteiger partial charge in [-0.05, 0) is 37.3 Å². The topological polar surface area (TPSA) is 118 Å². The third-order valence-corrected chi connectivity index (χ3v) is 4.08. The fourth-order valence-corrected chi connectivity index (χ4v) is 2.75. The lowest BCUT2D eigenvalue weighted by Gasteiger charge is -2.10. The number of nitrogens with one attached hydrogen (secondary N) is 1. The number of nitro benzene ring substituents is 1. The average Bonchev–Trinajstić information content (AvgIpc) is 3.22. The van der Waals surface area contributed by atoms with E-state index < -0.39 is 10.8 Å². The fourth-order valence-electron chi connectivity index (χ4n) is 2.75. The highest BCUT2D eigenvalue weighted by Crippen LogP contribution is 2.31. The molecule has 0 aliphatic rings. The van der Waals surface area contributed by atoms with E-state index in [1.54, 1.807) is 48.5 Å². The van der Waals surface area contributed by atoms with Crippen LogP contribution in [0.3, 0.4) is 0 Å². The maximum atomic E-state index is 12.5. The standard InChI is InChI=1S/C22H17N3O5/c1-2-29-21-10-6-4-8-18(21)24-22(26)15(14-23)13-16-11-12-20(30-16)17-7-3-5-9-19(17)25(27)28/h3-13H,2H2,1H3,(H,24,26)/b15-13+.